The molecule has 0 spiro atoms. The maximum Gasteiger partial charge on any atom is 0.119 e. The Balaban J connectivity index is 2.37. The van der Waals surface area contributed by atoms with Gasteiger partial charge in [-0.15, -0.1) is 0 Å². The van der Waals surface area contributed by atoms with Gasteiger partial charge in [0.1, 0.15) is 5.60 Å². The number of fused-ring (bicyclic) bond motifs is 2. The number of rotatable bonds is 3. The molecule has 0 radical (unpaired) electrons. The van der Waals surface area contributed by atoms with Gasteiger partial charge < -0.3 is 14.9 Å². The van der Waals surface area contributed by atoms with E-state index in [0.717, 1.165) is 11.1 Å². The third kappa shape index (κ3) is 2.62. The number of hydrogen-bond acceptors (Lipinski definition) is 3. The van der Waals surface area contributed by atoms with Gasteiger partial charge in [-0.25, -0.2) is 0 Å². The Morgan fingerprint density at radius 3 is 1.50 bits per heavy atom. The second-order valence-electron chi connectivity index (χ2n) is 8.40. The van der Waals surface area contributed by atoms with Gasteiger partial charge in [0.25, 0.3) is 0 Å². The molecule has 0 fully saturated rings. The minimum absolute atomic E-state index is 0.0888. The lowest BCUT2D eigenvalue weighted by molar-refractivity contribution is 0.0253. The lowest BCUT2D eigenvalue weighted by Crippen LogP contribution is -2.38. The largest absolute Gasteiger partial charge is 0.380 e. The van der Waals surface area contributed by atoms with Gasteiger partial charge in [-0.3, -0.25) is 0 Å². The van der Waals surface area contributed by atoms with Crippen molar-refractivity contribution in [2.45, 2.75) is 29.2 Å². The second-order valence-corrected chi connectivity index (χ2v) is 11.9. The summed E-state index contributed by atoms with van der Waals surface area (Å²) < 4.78 is 0. The van der Waals surface area contributed by atoms with Crippen molar-refractivity contribution >= 4 is 21.4 Å². The fraction of sp³-hybridized carbons (Fsp3) is 0.455. The minimum Gasteiger partial charge on any atom is -0.380 e. The van der Waals surface area contributed by atoms with Gasteiger partial charge in [0.15, 0.2) is 0 Å². The Labute approximate surface area is 160 Å². The summed E-state index contributed by atoms with van der Waals surface area (Å²) in [6.45, 7) is 4.22. The third-order valence-corrected chi connectivity index (χ3v) is 8.59. The van der Waals surface area contributed by atoms with Crippen LogP contribution >= 0.6 is 10.0 Å². The molecule has 4 heteroatoms. The summed E-state index contributed by atoms with van der Waals surface area (Å²) in [5.41, 5.74) is 3.56. The lowest BCUT2D eigenvalue weighted by atomic mass is 9.77. The molecule has 2 aromatic carbocycles. The first kappa shape index (κ1) is 19.1. The zero-order chi connectivity index (χ0) is 19.4. The molecular weight excluding hydrogens is 340 g/mol. The summed E-state index contributed by atoms with van der Waals surface area (Å²) in [5, 5.41) is 11.9. The summed E-state index contributed by atoms with van der Waals surface area (Å²) in [7, 11) is 7.04. The van der Waals surface area contributed by atoms with Gasteiger partial charge in [-0.05, 0) is 42.7 Å². The highest BCUT2D eigenvalue weighted by atomic mass is 32.3. The first-order valence-electron chi connectivity index (χ1n) is 9.10. The van der Waals surface area contributed by atoms with Gasteiger partial charge in [-0.2, -0.15) is 10.0 Å². The van der Waals surface area contributed by atoms with E-state index in [2.05, 4.69) is 101 Å². The predicted octanol–water partition coefficient (Wildman–Crippen LogP) is 4.51. The first-order chi connectivity index (χ1) is 12.0. The molecular formula is C22H32N2OS. The van der Waals surface area contributed by atoms with Crippen molar-refractivity contribution in [3.63, 3.8) is 0 Å². The van der Waals surface area contributed by atoms with E-state index in [1.807, 2.05) is 0 Å². The van der Waals surface area contributed by atoms with Crippen LogP contribution in [0.15, 0.2) is 46.2 Å². The number of aliphatic hydroxyl groups is 1. The zero-order valence-electron chi connectivity index (χ0n) is 17.3. The van der Waals surface area contributed by atoms with E-state index >= 15 is 0 Å². The molecule has 0 bridgehead atoms. The van der Waals surface area contributed by atoms with Crippen molar-refractivity contribution < 1.29 is 5.11 Å². The predicted molar refractivity (Wildman–Crippen MR) is 115 cm³/mol. The van der Waals surface area contributed by atoms with E-state index in [-0.39, 0.29) is 5.92 Å². The summed E-state index contributed by atoms with van der Waals surface area (Å²) in [6, 6.07) is 13.1. The molecule has 0 aromatic heterocycles. The number of benzene rings is 2. The van der Waals surface area contributed by atoms with Crippen molar-refractivity contribution in [2.24, 2.45) is 5.92 Å². The summed E-state index contributed by atoms with van der Waals surface area (Å²) >= 11 is 0. The third-order valence-electron chi connectivity index (χ3n) is 5.72. The van der Waals surface area contributed by atoms with E-state index in [0.29, 0.717) is 0 Å². The van der Waals surface area contributed by atoms with E-state index in [1.54, 1.807) is 0 Å². The molecule has 1 aliphatic heterocycles. The van der Waals surface area contributed by atoms with E-state index in [9.17, 15) is 5.11 Å². The van der Waals surface area contributed by atoms with E-state index in [1.165, 1.54) is 21.2 Å². The highest BCUT2D eigenvalue weighted by Gasteiger charge is 2.46. The molecule has 1 heterocycles. The van der Waals surface area contributed by atoms with E-state index in [4.69, 9.17) is 0 Å². The minimum atomic E-state index is -1.23. The van der Waals surface area contributed by atoms with Crippen molar-refractivity contribution in [3.05, 3.63) is 47.5 Å². The fourth-order valence-corrected chi connectivity index (χ4v) is 6.55. The second kappa shape index (κ2) is 6.21. The zero-order valence-corrected chi connectivity index (χ0v) is 18.1. The highest BCUT2D eigenvalue weighted by molar-refractivity contribution is 8.32. The van der Waals surface area contributed by atoms with Gasteiger partial charge in [0, 0.05) is 60.5 Å². The molecule has 3 nitrogen and oxygen atoms in total. The highest BCUT2D eigenvalue weighted by Crippen LogP contribution is 2.67. The summed E-state index contributed by atoms with van der Waals surface area (Å²) in [6.07, 6.45) is 4.70. The number of nitrogens with zero attached hydrogens (tertiary/aromatic N) is 2. The van der Waals surface area contributed by atoms with Crippen LogP contribution in [0.4, 0.5) is 11.4 Å². The monoisotopic (exact) mass is 372 g/mol. The lowest BCUT2D eigenvalue weighted by Gasteiger charge is -2.49. The van der Waals surface area contributed by atoms with Gasteiger partial charge in [0.05, 0.1) is 0 Å². The Hall–Kier alpha value is -1.65. The average molecular weight is 373 g/mol. The van der Waals surface area contributed by atoms with Crippen LogP contribution < -0.4 is 9.80 Å². The van der Waals surface area contributed by atoms with Gasteiger partial charge >= 0.3 is 0 Å². The molecule has 0 saturated carbocycles. The van der Waals surface area contributed by atoms with Gasteiger partial charge in [0.2, 0.25) is 0 Å². The maximum atomic E-state index is 11.9. The van der Waals surface area contributed by atoms with Crippen LogP contribution in [0, 0.1) is 5.92 Å². The summed E-state index contributed by atoms with van der Waals surface area (Å²) in [5.74, 6) is 0.0888. The standard InChI is InChI=1S/C22H32N2OS/c1-15(2)22(25)18-11-9-16(23(3)4)13-20(18)26(7,8)21-14-17(24(5)6)10-12-19(21)22/h9-15,25H,1-8H3. The normalized spacial score (nSPS) is 18.1. The van der Waals surface area contributed by atoms with Crippen LogP contribution in [0.3, 0.4) is 0 Å². The molecule has 0 unspecified atom stereocenters. The Morgan fingerprint density at radius 1 is 0.808 bits per heavy atom. The van der Waals surface area contributed by atoms with Gasteiger partial charge in [-0.1, -0.05) is 26.0 Å². The molecule has 1 aliphatic rings. The SMILES string of the molecule is CC(C)C1(O)c2ccc(N(C)C)cc2S(C)(C)c2cc(N(C)C)ccc21. The van der Waals surface area contributed by atoms with Crippen LogP contribution in [0.2, 0.25) is 0 Å². The van der Waals surface area contributed by atoms with Crippen LogP contribution in [0.25, 0.3) is 0 Å². The molecule has 3 rings (SSSR count). The molecule has 0 saturated heterocycles. The fourth-order valence-electron chi connectivity index (χ4n) is 3.94. The Bertz CT molecular complexity index is 779. The Morgan fingerprint density at radius 2 is 1.19 bits per heavy atom. The number of anilines is 2. The molecule has 142 valence electrons. The van der Waals surface area contributed by atoms with Crippen LogP contribution in [-0.4, -0.2) is 45.8 Å². The van der Waals surface area contributed by atoms with Crippen molar-refractivity contribution in [1.29, 1.82) is 0 Å². The van der Waals surface area contributed by atoms with Crippen LogP contribution in [0.1, 0.15) is 25.0 Å². The average Bonchev–Trinajstić information content (AvgIpc) is 2.58. The first-order valence-corrected chi connectivity index (χ1v) is 11.6. The number of hydrogen-bond donors (Lipinski definition) is 1. The molecule has 0 amide bonds. The maximum absolute atomic E-state index is 11.9. The van der Waals surface area contributed by atoms with Crippen LogP contribution in [-0.2, 0) is 5.60 Å². The topological polar surface area (TPSA) is 26.7 Å². The van der Waals surface area contributed by atoms with Crippen molar-refractivity contribution in [3.8, 4) is 0 Å². The molecule has 1 N–H and O–H groups in total. The summed E-state index contributed by atoms with van der Waals surface area (Å²) in [4.78, 5) is 6.86. The Kier molecular flexibility index (Phi) is 4.56. The van der Waals surface area contributed by atoms with Crippen molar-refractivity contribution in [2.75, 3.05) is 50.5 Å². The smallest absolute Gasteiger partial charge is 0.119 e. The quantitative estimate of drug-likeness (QED) is 0.859. The molecule has 26 heavy (non-hydrogen) atoms. The van der Waals surface area contributed by atoms with Crippen molar-refractivity contribution in [1.82, 2.24) is 0 Å². The molecule has 2 aromatic rings. The van der Waals surface area contributed by atoms with Crippen LogP contribution in [0.5, 0.6) is 0 Å². The molecule has 0 atom stereocenters. The molecule has 0 aliphatic carbocycles. The van der Waals surface area contributed by atoms with E-state index < -0.39 is 15.6 Å².